The number of piperidine rings is 1. The van der Waals surface area contributed by atoms with E-state index in [4.69, 9.17) is 0 Å². The molecule has 3 rings (SSSR count). The van der Waals surface area contributed by atoms with E-state index in [2.05, 4.69) is 43.1 Å². The van der Waals surface area contributed by atoms with Crippen molar-refractivity contribution < 1.29 is 0 Å². The van der Waals surface area contributed by atoms with Gasteiger partial charge in [0.25, 0.3) is 0 Å². The van der Waals surface area contributed by atoms with Gasteiger partial charge in [0.2, 0.25) is 0 Å². The molecule has 0 bridgehead atoms. The Morgan fingerprint density at radius 2 is 1.86 bits per heavy atom. The quantitative estimate of drug-likeness (QED) is 0.913. The fraction of sp³-hybridized carbons (Fsp3) is 0.684. The van der Waals surface area contributed by atoms with E-state index in [0.29, 0.717) is 0 Å². The fourth-order valence-electron chi connectivity index (χ4n) is 4.36. The van der Waals surface area contributed by atoms with Gasteiger partial charge < -0.3 is 5.32 Å². The molecular formula is C19H30N2. The van der Waals surface area contributed by atoms with Gasteiger partial charge in [-0.2, -0.15) is 0 Å². The van der Waals surface area contributed by atoms with E-state index in [9.17, 15) is 0 Å². The molecule has 0 aliphatic carbocycles. The van der Waals surface area contributed by atoms with Crippen LogP contribution in [0.15, 0.2) is 12.1 Å². The maximum Gasteiger partial charge on any atom is 0.0239 e. The molecule has 0 saturated carbocycles. The largest absolute Gasteiger partial charge is 0.314 e. The summed E-state index contributed by atoms with van der Waals surface area (Å²) < 4.78 is 0. The summed E-state index contributed by atoms with van der Waals surface area (Å²) in [5.41, 5.74) is 5.88. The zero-order chi connectivity index (χ0) is 14.8. The summed E-state index contributed by atoms with van der Waals surface area (Å²) in [6, 6.07) is 5.46. The summed E-state index contributed by atoms with van der Waals surface area (Å²) in [7, 11) is 0. The van der Waals surface area contributed by atoms with Gasteiger partial charge in [0.15, 0.2) is 0 Å². The van der Waals surface area contributed by atoms with Gasteiger partial charge in [-0.1, -0.05) is 17.7 Å². The molecule has 2 heterocycles. The van der Waals surface area contributed by atoms with Crippen LogP contribution in [-0.2, 0) is 6.54 Å². The molecule has 2 aliphatic rings. The molecule has 0 radical (unpaired) electrons. The molecule has 2 fully saturated rings. The van der Waals surface area contributed by atoms with E-state index >= 15 is 0 Å². The molecular weight excluding hydrogens is 256 g/mol. The molecule has 116 valence electrons. The van der Waals surface area contributed by atoms with Crippen LogP contribution >= 0.6 is 0 Å². The summed E-state index contributed by atoms with van der Waals surface area (Å²) >= 11 is 0. The maximum absolute atomic E-state index is 3.71. The van der Waals surface area contributed by atoms with E-state index in [1.807, 2.05) is 0 Å². The van der Waals surface area contributed by atoms with Gasteiger partial charge in [0, 0.05) is 19.1 Å². The number of benzene rings is 1. The van der Waals surface area contributed by atoms with Crippen LogP contribution in [0.4, 0.5) is 0 Å². The Hall–Kier alpha value is -0.860. The first-order valence-electron chi connectivity index (χ1n) is 8.66. The zero-order valence-electron chi connectivity index (χ0n) is 13.9. The van der Waals surface area contributed by atoms with Crippen LogP contribution in [0.2, 0.25) is 0 Å². The Bertz CT molecular complexity index is 465. The van der Waals surface area contributed by atoms with E-state index in [0.717, 1.165) is 18.5 Å². The third-order valence-corrected chi connectivity index (χ3v) is 5.43. The lowest BCUT2D eigenvalue weighted by atomic mass is 9.89. The number of rotatable bonds is 3. The van der Waals surface area contributed by atoms with E-state index in [1.54, 1.807) is 5.56 Å². The van der Waals surface area contributed by atoms with Gasteiger partial charge in [0.05, 0.1) is 0 Å². The molecule has 0 spiro atoms. The average Bonchev–Trinajstić information content (AvgIpc) is 2.97. The highest BCUT2D eigenvalue weighted by atomic mass is 15.1. The van der Waals surface area contributed by atoms with Crippen LogP contribution in [0.25, 0.3) is 0 Å². The lowest BCUT2D eigenvalue weighted by Crippen LogP contribution is -2.43. The highest BCUT2D eigenvalue weighted by Crippen LogP contribution is 2.27. The minimum Gasteiger partial charge on any atom is -0.314 e. The van der Waals surface area contributed by atoms with Crippen molar-refractivity contribution in [3.63, 3.8) is 0 Å². The van der Waals surface area contributed by atoms with Crippen LogP contribution < -0.4 is 5.32 Å². The van der Waals surface area contributed by atoms with Crippen molar-refractivity contribution in [3.8, 4) is 0 Å². The average molecular weight is 286 g/mol. The first kappa shape index (κ1) is 15.1. The van der Waals surface area contributed by atoms with Crippen LogP contribution in [0.1, 0.15) is 47.9 Å². The molecule has 2 aliphatic heterocycles. The summed E-state index contributed by atoms with van der Waals surface area (Å²) in [6.07, 6.45) is 5.55. The highest BCUT2D eigenvalue weighted by molar-refractivity contribution is 5.37. The van der Waals surface area contributed by atoms with Gasteiger partial charge in [-0.3, -0.25) is 4.90 Å². The number of nitrogens with one attached hydrogen (secondary N) is 1. The minimum absolute atomic E-state index is 0.785. The second kappa shape index (κ2) is 6.50. The molecule has 2 heteroatoms. The van der Waals surface area contributed by atoms with E-state index in [1.165, 1.54) is 62.0 Å². The fourth-order valence-corrected chi connectivity index (χ4v) is 4.36. The van der Waals surface area contributed by atoms with Gasteiger partial charge in [-0.15, -0.1) is 0 Å². The van der Waals surface area contributed by atoms with Crippen molar-refractivity contribution in [2.75, 3.05) is 19.6 Å². The molecule has 0 aromatic heterocycles. The predicted molar refractivity (Wildman–Crippen MR) is 89.7 cm³/mol. The van der Waals surface area contributed by atoms with E-state index in [-0.39, 0.29) is 0 Å². The standard InChI is InChI=1S/C19H30N2/c1-14-10-15(2)18(16(3)11-14)13-21-9-5-6-17(12-21)19-7-4-8-20-19/h10-11,17,19-20H,4-9,12-13H2,1-3H3. The number of aryl methyl sites for hydroxylation is 3. The molecule has 21 heavy (non-hydrogen) atoms. The monoisotopic (exact) mass is 286 g/mol. The van der Waals surface area contributed by atoms with Crippen LogP contribution in [0.5, 0.6) is 0 Å². The molecule has 2 atom stereocenters. The van der Waals surface area contributed by atoms with E-state index < -0.39 is 0 Å². The second-order valence-electron chi connectivity index (χ2n) is 7.22. The molecule has 2 unspecified atom stereocenters. The number of hydrogen-bond donors (Lipinski definition) is 1. The third kappa shape index (κ3) is 3.49. The maximum atomic E-state index is 3.71. The number of hydrogen-bond acceptors (Lipinski definition) is 2. The topological polar surface area (TPSA) is 15.3 Å². The normalized spacial score (nSPS) is 27.2. The van der Waals surface area contributed by atoms with Crippen molar-refractivity contribution in [2.45, 2.75) is 59.0 Å². The van der Waals surface area contributed by atoms with Crippen molar-refractivity contribution in [2.24, 2.45) is 5.92 Å². The summed E-state index contributed by atoms with van der Waals surface area (Å²) in [4.78, 5) is 2.69. The molecule has 2 saturated heterocycles. The first-order valence-corrected chi connectivity index (χ1v) is 8.66. The smallest absolute Gasteiger partial charge is 0.0239 e. The number of nitrogens with zero attached hydrogens (tertiary/aromatic N) is 1. The van der Waals surface area contributed by atoms with Crippen LogP contribution in [0, 0.1) is 26.7 Å². The van der Waals surface area contributed by atoms with Crippen LogP contribution in [-0.4, -0.2) is 30.6 Å². The Kier molecular flexibility index (Phi) is 4.66. The van der Waals surface area contributed by atoms with Gasteiger partial charge in [-0.05, 0) is 82.2 Å². The SMILES string of the molecule is Cc1cc(C)c(CN2CCCC(C3CCCN3)C2)c(C)c1. The van der Waals surface area contributed by atoms with Crippen LogP contribution in [0.3, 0.4) is 0 Å². The molecule has 1 aromatic rings. The highest BCUT2D eigenvalue weighted by Gasteiger charge is 2.29. The predicted octanol–water partition coefficient (Wildman–Crippen LogP) is 3.58. The number of likely N-dealkylation sites (tertiary alicyclic amines) is 1. The lowest BCUT2D eigenvalue weighted by Gasteiger charge is -2.36. The van der Waals surface area contributed by atoms with Gasteiger partial charge in [0.1, 0.15) is 0 Å². The Labute approximate surface area is 129 Å². The van der Waals surface area contributed by atoms with Gasteiger partial charge >= 0.3 is 0 Å². The summed E-state index contributed by atoms with van der Waals surface area (Å²) in [6.45, 7) is 11.7. The Morgan fingerprint density at radius 3 is 2.52 bits per heavy atom. The van der Waals surface area contributed by atoms with Gasteiger partial charge in [-0.25, -0.2) is 0 Å². The summed E-state index contributed by atoms with van der Waals surface area (Å²) in [5.74, 6) is 0.868. The Morgan fingerprint density at radius 1 is 1.10 bits per heavy atom. The molecule has 1 N–H and O–H groups in total. The minimum atomic E-state index is 0.785. The molecule has 2 nitrogen and oxygen atoms in total. The Balaban J connectivity index is 1.67. The van der Waals surface area contributed by atoms with Crippen molar-refractivity contribution in [3.05, 3.63) is 34.4 Å². The lowest BCUT2D eigenvalue weighted by molar-refractivity contribution is 0.145. The van der Waals surface area contributed by atoms with Crippen molar-refractivity contribution in [1.82, 2.24) is 10.2 Å². The third-order valence-electron chi connectivity index (χ3n) is 5.43. The van der Waals surface area contributed by atoms with Crippen molar-refractivity contribution >= 4 is 0 Å². The molecule has 1 aromatic carbocycles. The second-order valence-corrected chi connectivity index (χ2v) is 7.22. The first-order chi connectivity index (χ1) is 10.1. The molecule has 0 amide bonds. The zero-order valence-corrected chi connectivity index (χ0v) is 13.9. The van der Waals surface area contributed by atoms with Crippen molar-refractivity contribution in [1.29, 1.82) is 0 Å². The summed E-state index contributed by atoms with van der Waals surface area (Å²) in [5, 5.41) is 3.71.